The first kappa shape index (κ1) is 24.1. The topological polar surface area (TPSA) is 136 Å². The van der Waals surface area contributed by atoms with Gasteiger partial charge in [0.25, 0.3) is 15.9 Å². The van der Waals surface area contributed by atoms with Crippen LogP contribution >= 0.6 is 0 Å². The van der Waals surface area contributed by atoms with E-state index in [4.69, 9.17) is 10.5 Å². The Hall–Kier alpha value is -3.50. The number of aromatic nitrogens is 2. The first-order valence-corrected chi connectivity index (χ1v) is 11.8. The fourth-order valence-electron chi connectivity index (χ4n) is 3.30. The zero-order chi connectivity index (χ0) is 24.2. The van der Waals surface area contributed by atoms with Crippen LogP contribution in [0.5, 0.6) is 11.6 Å². The molecular weight excluding hydrogens is 442 g/mol. The molecular formula is C23H27N5O4S. The number of sulfonamides is 1. The van der Waals surface area contributed by atoms with E-state index >= 15 is 0 Å². The van der Waals surface area contributed by atoms with Crippen LogP contribution in [0.4, 0.5) is 5.82 Å². The van der Waals surface area contributed by atoms with E-state index in [9.17, 15) is 13.2 Å². The predicted molar refractivity (Wildman–Crippen MR) is 126 cm³/mol. The lowest BCUT2D eigenvalue weighted by Gasteiger charge is -2.15. The van der Waals surface area contributed by atoms with Gasteiger partial charge in [0.15, 0.2) is 5.03 Å². The fraction of sp³-hybridized carbons (Fsp3) is 0.261. The number of carbonyl (C=O) groups excluding carboxylic acids is 1. The molecule has 174 valence electrons. The van der Waals surface area contributed by atoms with Crippen LogP contribution in [0, 0.1) is 27.7 Å². The van der Waals surface area contributed by atoms with Crippen LogP contribution in [-0.4, -0.2) is 37.4 Å². The number of pyridine rings is 2. The van der Waals surface area contributed by atoms with Crippen molar-refractivity contribution >= 4 is 21.7 Å². The van der Waals surface area contributed by atoms with Crippen molar-refractivity contribution in [2.45, 2.75) is 32.7 Å². The highest BCUT2D eigenvalue weighted by atomic mass is 32.2. The number of benzene rings is 1. The summed E-state index contributed by atoms with van der Waals surface area (Å²) in [4.78, 5) is 21.3. The summed E-state index contributed by atoms with van der Waals surface area (Å²) in [6, 6.07) is 11.4. The molecule has 0 spiro atoms. The SMILES string of the molecule is Cc1cc(C)c(Oc2nc(C)ccc2C(=O)NS(=O)(=O)c2cccc(NCCN)n2)c(C)c1. The number of nitrogens with two attached hydrogens (primary N) is 1. The normalized spacial score (nSPS) is 11.2. The maximum absolute atomic E-state index is 13.0. The van der Waals surface area contributed by atoms with E-state index in [1.54, 1.807) is 19.1 Å². The minimum Gasteiger partial charge on any atom is -0.438 e. The van der Waals surface area contributed by atoms with Gasteiger partial charge in [0.1, 0.15) is 17.1 Å². The maximum atomic E-state index is 13.0. The van der Waals surface area contributed by atoms with E-state index in [2.05, 4.69) is 20.0 Å². The lowest BCUT2D eigenvalue weighted by molar-refractivity contribution is 0.0978. The van der Waals surface area contributed by atoms with Gasteiger partial charge in [-0.3, -0.25) is 4.79 Å². The summed E-state index contributed by atoms with van der Waals surface area (Å²) in [7, 11) is -4.24. The molecule has 0 fully saturated rings. The third-order valence-electron chi connectivity index (χ3n) is 4.72. The Labute approximate surface area is 193 Å². The van der Waals surface area contributed by atoms with E-state index in [1.165, 1.54) is 18.2 Å². The second-order valence-electron chi connectivity index (χ2n) is 7.65. The van der Waals surface area contributed by atoms with Gasteiger partial charge >= 0.3 is 0 Å². The van der Waals surface area contributed by atoms with Gasteiger partial charge in [0.05, 0.1) is 0 Å². The summed E-state index contributed by atoms with van der Waals surface area (Å²) in [5.74, 6) is 0.0455. The van der Waals surface area contributed by atoms with Gasteiger partial charge < -0.3 is 15.8 Å². The number of nitrogens with one attached hydrogen (secondary N) is 2. The van der Waals surface area contributed by atoms with Gasteiger partial charge in [-0.1, -0.05) is 23.8 Å². The third-order valence-corrected chi connectivity index (χ3v) is 5.96. The van der Waals surface area contributed by atoms with Crippen LogP contribution < -0.4 is 20.5 Å². The van der Waals surface area contributed by atoms with Crippen LogP contribution in [0.2, 0.25) is 0 Å². The summed E-state index contributed by atoms with van der Waals surface area (Å²) in [5.41, 5.74) is 8.89. The second-order valence-corrected chi connectivity index (χ2v) is 9.28. The molecule has 2 heterocycles. The molecule has 2 aromatic heterocycles. The molecule has 33 heavy (non-hydrogen) atoms. The van der Waals surface area contributed by atoms with E-state index in [0.717, 1.165) is 16.7 Å². The van der Waals surface area contributed by atoms with Gasteiger partial charge in [-0.25, -0.2) is 14.7 Å². The van der Waals surface area contributed by atoms with Crippen molar-refractivity contribution in [2.24, 2.45) is 5.73 Å². The first-order chi connectivity index (χ1) is 15.6. The summed E-state index contributed by atoms with van der Waals surface area (Å²) >= 11 is 0. The van der Waals surface area contributed by atoms with Crippen molar-refractivity contribution in [1.82, 2.24) is 14.7 Å². The predicted octanol–water partition coefficient (Wildman–Crippen LogP) is 2.99. The molecule has 0 aliphatic heterocycles. The molecule has 0 saturated carbocycles. The van der Waals surface area contributed by atoms with Gasteiger partial charge in [0.2, 0.25) is 5.88 Å². The molecule has 0 saturated heterocycles. The Bertz CT molecular complexity index is 1270. The third kappa shape index (κ3) is 5.85. The Morgan fingerprint density at radius 1 is 1.03 bits per heavy atom. The van der Waals surface area contributed by atoms with Crippen LogP contribution in [0.1, 0.15) is 32.7 Å². The van der Waals surface area contributed by atoms with Crippen molar-refractivity contribution in [3.63, 3.8) is 0 Å². The highest BCUT2D eigenvalue weighted by Crippen LogP contribution is 2.31. The number of ether oxygens (including phenoxy) is 1. The maximum Gasteiger partial charge on any atom is 0.281 e. The number of anilines is 1. The van der Waals surface area contributed by atoms with Crippen LogP contribution in [0.3, 0.4) is 0 Å². The van der Waals surface area contributed by atoms with Gasteiger partial charge in [-0.15, -0.1) is 0 Å². The van der Waals surface area contributed by atoms with E-state index < -0.39 is 15.9 Å². The summed E-state index contributed by atoms with van der Waals surface area (Å²) in [6.45, 7) is 8.31. The smallest absolute Gasteiger partial charge is 0.281 e. The number of nitrogens with zero attached hydrogens (tertiary/aromatic N) is 2. The molecule has 1 aromatic carbocycles. The highest BCUT2D eigenvalue weighted by molar-refractivity contribution is 7.90. The van der Waals surface area contributed by atoms with Crippen molar-refractivity contribution in [3.05, 3.63) is 70.4 Å². The highest BCUT2D eigenvalue weighted by Gasteiger charge is 2.24. The molecule has 0 unspecified atom stereocenters. The Balaban J connectivity index is 1.91. The lowest BCUT2D eigenvalue weighted by Crippen LogP contribution is -2.31. The van der Waals surface area contributed by atoms with Crippen molar-refractivity contribution in [2.75, 3.05) is 18.4 Å². The van der Waals surface area contributed by atoms with Gasteiger partial charge in [0, 0.05) is 18.8 Å². The van der Waals surface area contributed by atoms with Gasteiger partial charge in [-0.2, -0.15) is 8.42 Å². The van der Waals surface area contributed by atoms with Crippen molar-refractivity contribution in [1.29, 1.82) is 0 Å². The molecule has 0 aliphatic rings. The number of rotatable bonds is 8. The Morgan fingerprint density at radius 3 is 2.39 bits per heavy atom. The lowest BCUT2D eigenvalue weighted by atomic mass is 10.1. The van der Waals surface area contributed by atoms with E-state index in [0.29, 0.717) is 30.4 Å². The Morgan fingerprint density at radius 2 is 1.73 bits per heavy atom. The molecule has 0 atom stereocenters. The minimum absolute atomic E-state index is 0.0130. The molecule has 0 radical (unpaired) electrons. The van der Waals surface area contributed by atoms with E-state index in [1.807, 2.05) is 32.9 Å². The summed E-state index contributed by atoms with van der Waals surface area (Å²) in [5, 5.41) is 2.61. The number of hydrogen-bond donors (Lipinski definition) is 3. The molecule has 0 bridgehead atoms. The van der Waals surface area contributed by atoms with Crippen LogP contribution in [0.25, 0.3) is 0 Å². The number of carbonyl (C=O) groups is 1. The standard InChI is InChI=1S/C23H27N5O4S/c1-14-12-15(2)21(16(3)13-14)32-23-18(9-8-17(4)26-23)22(29)28-33(30,31)20-7-5-6-19(27-20)25-11-10-24/h5-9,12-13H,10-11,24H2,1-4H3,(H,25,27)(H,28,29). The minimum atomic E-state index is -4.24. The average Bonchev–Trinajstić information content (AvgIpc) is 2.74. The number of hydrogen-bond acceptors (Lipinski definition) is 8. The molecule has 3 aromatic rings. The molecule has 9 nitrogen and oxygen atoms in total. The first-order valence-electron chi connectivity index (χ1n) is 10.3. The quantitative estimate of drug-likeness (QED) is 0.458. The Kier molecular flexibility index (Phi) is 7.29. The largest absolute Gasteiger partial charge is 0.438 e. The number of aryl methyl sites for hydroxylation is 4. The van der Waals surface area contributed by atoms with Crippen LogP contribution in [0.15, 0.2) is 47.5 Å². The van der Waals surface area contributed by atoms with Gasteiger partial charge in [-0.05, 0) is 63.1 Å². The zero-order valence-electron chi connectivity index (χ0n) is 19.0. The van der Waals surface area contributed by atoms with Crippen molar-refractivity contribution < 1.29 is 17.9 Å². The number of amides is 1. The fourth-order valence-corrected chi connectivity index (χ4v) is 4.24. The molecule has 4 N–H and O–H groups in total. The average molecular weight is 470 g/mol. The van der Waals surface area contributed by atoms with Crippen molar-refractivity contribution in [3.8, 4) is 11.6 Å². The second kappa shape index (κ2) is 9.97. The molecule has 0 aliphatic carbocycles. The summed E-state index contributed by atoms with van der Waals surface area (Å²) in [6.07, 6.45) is 0. The van der Waals surface area contributed by atoms with E-state index in [-0.39, 0.29) is 16.5 Å². The molecule has 1 amide bonds. The monoisotopic (exact) mass is 469 g/mol. The molecule has 3 rings (SSSR count). The zero-order valence-corrected chi connectivity index (χ0v) is 19.8. The molecule has 10 heteroatoms. The van der Waals surface area contributed by atoms with Crippen LogP contribution in [-0.2, 0) is 10.0 Å². The summed E-state index contributed by atoms with van der Waals surface area (Å²) < 4.78 is 33.7.